The third-order valence-corrected chi connectivity index (χ3v) is 6.77. The molecule has 6 heteroatoms. The Morgan fingerprint density at radius 3 is 2.67 bits per heavy atom. The van der Waals surface area contributed by atoms with Gasteiger partial charge >= 0.3 is 0 Å². The van der Waals surface area contributed by atoms with Gasteiger partial charge in [0.25, 0.3) is 5.91 Å². The molecule has 5 nitrogen and oxygen atoms in total. The smallest absolute Gasteiger partial charge is 0.254 e. The van der Waals surface area contributed by atoms with E-state index >= 15 is 0 Å². The van der Waals surface area contributed by atoms with Crippen LogP contribution in [0.1, 0.15) is 53.1 Å². The first-order valence-corrected chi connectivity index (χ1v) is 10.8. The number of nitrogens with one attached hydrogen (secondary N) is 1. The Bertz CT molecular complexity index is 969. The minimum absolute atomic E-state index is 0.0121. The lowest BCUT2D eigenvalue weighted by molar-refractivity contribution is -0.121. The highest BCUT2D eigenvalue weighted by molar-refractivity contribution is 6.33. The van der Waals surface area contributed by atoms with Gasteiger partial charge in [0.1, 0.15) is 0 Å². The van der Waals surface area contributed by atoms with Crippen molar-refractivity contribution in [2.24, 2.45) is 0 Å². The molecule has 1 atom stereocenters. The molecule has 1 heterocycles. The van der Waals surface area contributed by atoms with Gasteiger partial charge in [-0.3, -0.25) is 9.59 Å². The first-order valence-electron chi connectivity index (χ1n) is 10.4. The predicted molar refractivity (Wildman–Crippen MR) is 118 cm³/mol. The summed E-state index contributed by atoms with van der Waals surface area (Å²) in [6, 6.07) is 13.1. The molecule has 1 N–H and O–H groups in total. The Labute approximate surface area is 182 Å². The van der Waals surface area contributed by atoms with Gasteiger partial charge in [0.2, 0.25) is 5.91 Å². The number of ether oxygens (including phenoxy) is 1. The first kappa shape index (κ1) is 20.9. The van der Waals surface area contributed by atoms with Crippen LogP contribution >= 0.6 is 11.6 Å². The van der Waals surface area contributed by atoms with Gasteiger partial charge in [0.05, 0.1) is 28.8 Å². The summed E-state index contributed by atoms with van der Waals surface area (Å²) < 4.78 is 5.29. The summed E-state index contributed by atoms with van der Waals surface area (Å²) in [7, 11) is 1.63. The van der Waals surface area contributed by atoms with Crippen LogP contribution in [0.5, 0.6) is 0 Å². The van der Waals surface area contributed by atoms with Crippen LogP contribution in [-0.2, 0) is 9.53 Å². The summed E-state index contributed by atoms with van der Waals surface area (Å²) >= 11 is 6.39. The monoisotopic (exact) mass is 426 g/mol. The molecular weight excluding hydrogens is 400 g/mol. The zero-order chi connectivity index (χ0) is 21.3. The van der Waals surface area contributed by atoms with Crippen molar-refractivity contribution in [3.05, 3.63) is 64.2 Å². The highest BCUT2D eigenvalue weighted by atomic mass is 35.5. The number of benzene rings is 2. The zero-order valence-electron chi connectivity index (χ0n) is 17.4. The molecule has 0 bridgehead atoms. The van der Waals surface area contributed by atoms with Crippen LogP contribution in [0.2, 0.25) is 5.02 Å². The van der Waals surface area contributed by atoms with Crippen LogP contribution in [0.4, 0.5) is 5.69 Å². The Morgan fingerprint density at radius 1 is 1.23 bits per heavy atom. The first-order chi connectivity index (χ1) is 14.5. The number of fused-ring (bicyclic) bond motifs is 1. The van der Waals surface area contributed by atoms with Crippen LogP contribution in [0.15, 0.2) is 42.5 Å². The molecule has 2 aliphatic rings. The van der Waals surface area contributed by atoms with Crippen LogP contribution in [0.25, 0.3) is 0 Å². The van der Waals surface area contributed by atoms with Gasteiger partial charge in [0, 0.05) is 19.2 Å². The van der Waals surface area contributed by atoms with Crippen molar-refractivity contribution in [3.8, 4) is 0 Å². The van der Waals surface area contributed by atoms with E-state index in [0.717, 1.165) is 36.8 Å². The molecule has 1 fully saturated rings. The van der Waals surface area contributed by atoms with E-state index in [1.807, 2.05) is 54.3 Å². The molecule has 0 aromatic heterocycles. The molecule has 4 rings (SSSR count). The Balaban J connectivity index is 1.79. The Morgan fingerprint density at radius 2 is 1.97 bits per heavy atom. The maximum Gasteiger partial charge on any atom is 0.254 e. The summed E-state index contributed by atoms with van der Waals surface area (Å²) in [6.07, 6.45) is 3.59. The standard InChI is InChI=1S/C24H27ClN2O3/c1-16-9-10-20(19(25)15-16)26-22(28)21-17-7-3-4-8-18(17)23(29)27(13-14-30-2)24(21)11-5-6-12-24/h3-4,7-10,15,21H,5-6,11-14H2,1-2H3,(H,26,28)/t21-/m0/s1. The maximum absolute atomic E-state index is 13.7. The number of rotatable bonds is 5. The fraction of sp³-hybridized carbons (Fsp3) is 0.417. The summed E-state index contributed by atoms with van der Waals surface area (Å²) in [5.74, 6) is -0.588. The second-order valence-electron chi connectivity index (χ2n) is 8.25. The average Bonchev–Trinajstić information content (AvgIpc) is 3.20. The van der Waals surface area contributed by atoms with Gasteiger partial charge < -0.3 is 15.0 Å². The molecule has 0 saturated heterocycles. The molecule has 2 aromatic rings. The fourth-order valence-electron chi connectivity index (χ4n) is 5.10. The summed E-state index contributed by atoms with van der Waals surface area (Å²) in [6.45, 7) is 2.87. The summed E-state index contributed by atoms with van der Waals surface area (Å²) in [5, 5.41) is 3.56. The van der Waals surface area contributed by atoms with Crippen molar-refractivity contribution in [1.82, 2.24) is 4.90 Å². The minimum Gasteiger partial charge on any atom is -0.383 e. The number of nitrogens with zero attached hydrogens (tertiary/aromatic N) is 1. The third-order valence-electron chi connectivity index (χ3n) is 6.46. The number of carbonyl (C=O) groups excluding carboxylic acids is 2. The lowest BCUT2D eigenvalue weighted by Gasteiger charge is -2.50. The minimum atomic E-state index is -0.536. The highest BCUT2D eigenvalue weighted by Crippen LogP contribution is 2.50. The van der Waals surface area contributed by atoms with Gasteiger partial charge in [-0.1, -0.05) is 48.7 Å². The van der Waals surface area contributed by atoms with Gasteiger partial charge in [-0.15, -0.1) is 0 Å². The van der Waals surface area contributed by atoms with Crippen molar-refractivity contribution >= 4 is 29.1 Å². The zero-order valence-corrected chi connectivity index (χ0v) is 18.2. The second kappa shape index (κ2) is 8.40. The summed E-state index contributed by atoms with van der Waals surface area (Å²) in [5.41, 5.74) is 2.49. The molecule has 1 aliphatic carbocycles. The van der Waals surface area contributed by atoms with Crippen molar-refractivity contribution < 1.29 is 14.3 Å². The number of anilines is 1. The molecular formula is C24H27ClN2O3. The number of amides is 2. The number of hydrogen-bond donors (Lipinski definition) is 1. The van der Waals surface area contributed by atoms with Crippen molar-refractivity contribution in [2.45, 2.75) is 44.1 Å². The molecule has 1 spiro atoms. The molecule has 1 aliphatic heterocycles. The quantitative estimate of drug-likeness (QED) is 0.748. The topological polar surface area (TPSA) is 58.6 Å². The lowest BCUT2D eigenvalue weighted by atomic mass is 9.71. The summed E-state index contributed by atoms with van der Waals surface area (Å²) in [4.78, 5) is 29.0. The van der Waals surface area contributed by atoms with Gasteiger partial charge in [-0.25, -0.2) is 0 Å². The van der Waals surface area contributed by atoms with Crippen molar-refractivity contribution in [3.63, 3.8) is 0 Å². The SMILES string of the molecule is COCCN1C(=O)c2ccccc2[C@@H](C(=O)Nc2ccc(C)cc2Cl)C12CCCC2. The number of hydrogen-bond acceptors (Lipinski definition) is 3. The Hall–Kier alpha value is -2.37. The fourth-order valence-corrected chi connectivity index (χ4v) is 5.38. The lowest BCUT2D eigenvalue weighted by Crippen LogP contribution is -2.60. The predicted octanol–water partition coefficient (Wildman–Crippen LogP) is 4.79. The van der Waals surface area contributed by atoms with E-state index < -0.39 is 11.5 Å². The van der Waals surface area contributed by atoms with Crippen LogP contribution in [-0.4, -0.2) is 42.5 Å². The van der Waals surface area contributed by atoms with E-state index in [0.29, 0.717) is 29.4 Å². The van der Waals surface area contributed by atoms with Gasteiger partial charge in [0.15, 0.2) is 0 Å². The highest BCUT2D eigenvalue weighted by Gasteiger charge is 2.55. The largest absolute Gasteiger partial charge is 0.383 e. The van der Waals surface area contributed by atoms with Gasteiger partial charge in [-0.05, 0) is 49.1 Å². The molecule has 1 saturated carbocycles. The van der Waals surface area contributed by atoms with Crippen LogP contribution in [0, 0.1) is 6.92 Å². The maximum atomic E-state index is 13.7. The van der Waals surface area contributed by atoms with Crippen LogP contribution < -0.4 is 5.32 Å². The molecule has 158 valence electrons. The normalized spacial score (nSPS) is 19.8. The van der Waals surface area contributed by atoms with Crippen molar-refractivity contribution in [2.75, 3.05) is 25.6 Å². The number of methoxy groups -OCH3 is 1. The molecule has 30 heavy (non-hydrogen) atoms. The van der Waals surface area contributed by atoms with Gasteiger partial charge in [-0.2, -0.15) is 0 Å². The Kier molecular flexibility index (Phi) is 5.85. The number of carbonyl (C=O) groups is 2. The molecule has 2 amide bonds. The van der Waals surface area contributed by atoms with E-state index in [1.54, 1.807) is 7.11 Å². The third kappa shape index (κ3) is 3.50. The van der Waals surface area contributed by atoms with E-state index in [9.17, 15) is 9.59 Å². The number of aryl methyl sites for hydroxylation is 1. The van der Waals surface area contributed by atoms with E-state index in [-0.39, 0.29) is 11.8 Å². The van der Waals surface area contributed by atoms with E-state index in [1.165, 1.54) is 0 Å². The number of halogens is 1. The molecule has 2 aromatic carbocycles. The van der Waals surface area contributed by atoms with Crippen LogP contribution in [0.3, 0.4) is 0 Å². The van der Waals surface area contributed by atoms with Crippen molar-refractivity contribution in [1.29, 1.82) is 0 Å². The second-order valence-corrected chi connectivity index (χ2v) is 8.66. The van der Waals surface area contributed by atoms with E-state index in [4.69, 9.17) is 16.3 Å². The van der Waals surface area contributed by atoms with E-state index in [2.05, 4.69) is 5.32 Å². The average molecular weight is 427 g/mol. The molecule has 0 radical (unpaired) electrons. The molecule has 0 unspecified atom stereocenters.